The van der Waals surface area contributed by atoms with E-state index >= 15 is 0 Å². The van der Waals surface area contributed by atoms with Crippen LogP contribution in [0.25, 0.3) is 10.9 Å². The van der Waals surface area contributed by atoms with Crippen molar-refractivity contribution >= 4 is 17.0 Å². The highest BCUT2D eigenvalue weighted by Gasteiger charge is 2.35. The lowest BCUT2D eigenvalue weighted by atomic mass is 9.85. The monoisotopic (exact) mass is 272 g/mol. The number of hydrogen-bond donors (Lipinski definition) is 2. The van der Waals surface area contributed by atoms with Crippen LogP contribution in [-0.2, 0) is 5.60 Å². The number of likely N-dealkylation sites (tertiary alicyclic amines) is 1. The van der Waals surface area contributed by atoms with Crippen LogP contribution in [0.2, 0.25) is 0 Å². The number of piperidine rings is 1. The molecular formula is C15H16N2O3. The maximum absolute atomic E-state index is 10.9. The third-order valence-corrected chi connectivity index (χ3v) is 3.99. The second-order valence-electron chi connectivity index (χ2n) is 5.22. The standard InChI is InChI=1S/C15H16N2O3/c18-14(19)17-7-5-15(20,6-8-17)12-9-11-3-1-2-4-13(11)16-10-12/h1-4,9-10,20H,5-8H2,(H,18,19). The summed E-state index contributed by atoms with van der Waals surface area (Å²) in [7, 11) is 0. The van der Waals surface area contributed by atoms with Crippen LogP contribution in [0.4, 0.5) is 4.79 Å². The van der Waals surface area contributed by atoms with Crippen molar-refractivity contribution in [3.8, 4) is 0 Å². The fraction of sp³-hybridized carbons (Fsp3) is 0.333. The van der Waals surface area contributed by atoms with Gasteiger partial charge in [-0.3, -0.25) is 4.98 Å². The van der Waals surface area contributed by atoms with Crippen LogP contribution in [0.15, 0.2) is 36.5 Å². The summed E-state index contributed by atoms with van der Waals surface area (Å²) >= 11 is 0. The molecule has 104 valence electrons. The molecule has 0 unspecified atom stereocenters. The zero-order valence-electron chi connectivity index (χ0n) is 11.0. The molecule has 0 bridgehead atoms. The summed E-state index contributed by atoms with van der Waals surface area (Å²) in [6.07, 6.45) is 1.57. The van der Waals surface area contributed by atoms with Crippen molar-refractivity contribution in [1.82, 2.24) is 9.88 Å². The average Bonchev–Trinajstić information content (AvgIpc) is 2.47. The minimum Gasteiger partial charge on any atom is -0.465 e. The van der Waals surface area contributed by atoms with E-state index in [4.69, 9.17) is 5.11 Å². The molecule has 2 heterocycles. The molecule has 2 aromatic rings. The van der Waals surface area contributed by atoms with Gasteiger partial charge in [0.15, 0.2) is 0 Å². The predicted octanol–water partition coefficient (Wildman–Crippen LogP) is 2.20. The molecule has 1 fully saturated rings. The summed E-state index contributed by atoms with van der Waals surface area (Å²) in [5.41, 5.74) is 0.673. The first-order valence-corrected chi connectivity index (χ1v) is 6.64. The fourth-order valence-corrected chi connectivity index (χ4v) is 2.68. The third-order valence-electron chi connectivity index (χ3n) is 3.99. The number of pyridine rings is 1. The molecule has 0 saturated carbocycles. The number of amides is 1. The lowest BCUT2D eigenvalue weighted by Crippen LogP contribution is -2.44. The molecular weight excluding hydrogens is 256 g/mol. The van der Waals surface area contributed by atoms with E-state index < -0.39 is 11.7 Å². The summed E-state index contributed by atoms with van der Waals surface area (Å²) in [6.45, 7) is 0.692. The van der Waals surface area contributed by atoms with E-state index in [1.54, 1.807) is 6.20 Å². The van der Waals surface area contributed by atoms with Gasteiger partial charge in [-0.05, 0) is 25.0 Å². The number of rotatable bonds is 1. The zero-order valence-corrected chi connectivity index (χ0v) is 11.0. The summed E-state index contributed by atoms with van der Waals surface area (Å²) in [5, 5.41) is 20.7. The molecule has 0 atom stereocenters. The number of para-hydroxylation sites is 1. The van der Waals surface area contributed by atoms with Gasteiger partial charge in [0.2, 0.25) is 0 Å². The highest BCUT2D eigenvalue weighted by Crippen LogP contribution is 2.33. The molecule has 0 radical (unpaired) electrons. The second kappa shape index (κ2) is 4.76. The van der Waals surface area contributed by atoms with E-state index in [9.17, 15) is 9.90 Å². The van der Waals surface area contributed by atoms with E-state index in [1.807, 2.05) is 30.3 Å². The van der Waals surface area contributed by atoms with Gasteiger partial charge in [0.25, 0.3) is 0 Å². The summed E-state index contributed by atoms with van der Waals surface area (Å²) < 4.78 is 0. The Morgan fingerprint density at radius 1 is 1.25 bits per heavy atom. The topological polar surface area (TPSA) is 73.7 Å². The molecule has 5 heteroatoms. The Morgan fingerprint density at radius 3 is 2.65 bits per heavy atom. The molecule has 5 nitrogen and oxygen atoms in total. The molecule has 1 saturated heterocycles. The first-order chi connectivity index (χ1) is 9.58. The number of benzene rings is 1. The van der Waals surface area contributed by atoms with E-state index in [2.05, 4.69) is 4.98 Å². The van der Waals surface area contributed by atoms with Gasteiger partial charge in [-0.1, -0.05) is 18.2 Å². The molecule has 3 rings (SSSR count). The number of carboxylic acid groups (broad SMARTS) is 1. The quantitative estimate of drug-likeness (QED) is 0.834. The van der Waals surface area contributed by atoms with Crippen molar-refractivity contribution in [2.45, 2.75) is 18.4 Å². The van der Waals surface area contributed by atoms with Crippen molar-refractivity contribution in [3.05, 3.63) is 42.1 Å². The maximum atomic E-state index is 10.9. The first-order valence-electron chi connectivity index (χ1n) is 6.64. The highest BCUT2D eigenvalue weighted by atomic mass is 16.4. The van der Waals surface area contributed by atoms with E-state index in [-0.39, 0.29) is 0 Å². The van der Waals surface area contributed by atoms with Gasteiger partial charge in [-0.2, -0.15) is 0 Å². The van der Waals surface area contributed by atoms with Gasteiger partial charge in [-0.25, -0.2) is 4.79 Å². The van der Waals surface area contributed by atoms with E-state index in [0.717, 1.165) is 16.5 Å². The Labute approximate surface area is 116 Å². The molecule has 1 amide bonds. The third kappa shape index (κ3) is 2.20. The number of aromatic nitrogens is 1. The second-order valence-corrected chi connectivity index (χ2v) is 5.22. The average molecular weight is 272 g/mol. The molecule has 2 N–H and O–H groups in total. The number of hydrogen-bond acceptors (Lipinski definition) is 3. The summed E-state index contributed by atoms with van der Waals surface area (Å²) in [5.74, 6) is 0. The van der Waals surface area contributed by atoms with Crippen molar-refractivity contribution < 1.29 is 15.0 Å². The van der Waals surface area contributed by atoms with Gasteiger partial charge in [-0.15, -0.1) is 0 Å². The number of fused-ring (bicyclic) bond motifs is 1. The van der Waals surface area contributed by atoms with Crippen molar-refractivity contribution in [2.24, 2.45) is 0 Å². The highest BCUT2D eigenvalue weighted by molar-refractivity contribution is 5.79. The number of carbonyl (C=O) groups is 1. The lowest BCUT2D eigenvalue weighted by Gasteiger charge is -2.37. The Balaban J connectivity index is 1.89. The largest absolute Gasteiger partial charge is 0.465 e. The maximum Gasteiger partial charge on any atom is 0.407 e. The van der Waals surface area contributed by atoms with E-state index in [0.29, 0.717) is 25.9 Å². The molecule has 0 spiro atoms. The Bertz CT molecular complexity index is 648. The van der Waals surface area contributed by atoms with Gasteiger partial charge < -0.3 is 15.1 Å². The molecule has 1 aromatic carbocycles. The minimum atomic E-state index is -0.983. The first kappa shape index (κ1) is 12.9. The SMILES string of the molecule is O=C(O)N1CCC(O)(c2cnc3ccccc3c2)CC1. The van der Waals surface area contributed by atoms with E-state index in [1.165, 1.54) is 4.90 Å². The van der Waals surface area contributed by atoms with Gasteiger partial charge in [0, 0.05) is 30.2 Å². The number of aliphatic hydroxyl groups is 1. The summed E-state index contributed by atoms with van der Waals surface area (Å²) in [4.78, 5) is 16.6. The van der Waals surface area contributed by atoms with Crippen LogP contribution in [0.3, 0.4) is 0 Å². The van der Waals surface area contributed by atoms with Crippen LogP contribution < -0.4 is 0 Å². The Kier molecular flexibility index (Phi) is 3.06. The van der Waals surface area contributed by atoms with Gasteiger partial charge in [0.05, 0.1) is 11.1 Å². The van der Waals surface area contributed by atoms with Crippen LogP contribution in [-0.4, -0.2) is 39.3 Å². The van der Waals surface area contributed by atoms with Gasteiger partial charge >= 0.3 is 6.09 Å². The van der Waals surface area contributed by atoms with Gasteiger partial charge in [0.1, 0.15) is 0 Å². The zero-order chi connectivity index (χ0) is 14.2. The van der Waals surface area contributed by atoms with Crippen LogP contribution in [0, 0.1) is 0 Å². The van der Waals surface area contributed by atoms with Crippen LogP contribution in [0.5, 0.6) is 0 Å². The molecule has 20 heavy (non-hydrogen) atoms. The smallest absolute Gasteiger partial charge is 0.407 e. The van der Waals surface area contributed by atoms with Crippen molar-refractivity contribution in [1.29, 1.82) is 0 Å². The molecule has 1 aliphatic heterocycles. The Morgan fingerprint density at radius 2 is 1.95 bits per heavy atom. The molecule has 1 aromatic heterocycles. The van der Waals surface area contributed by atoms with Crippen LogP contribution in [0.1, 0.15) is 18.4 Å². The predicted molar refractivity (Wildman–Crippen MR) is 74.5 cm³/mol. The Hall–Kier alpha value is -2.14. The normalized spacial score (nSPS) is 18.1. The van der Waals surface area contributed by atoms with Crippen molar-refractivity contribution in [2.75, 3.05) is 13.1 Å². The van der Waals surface area contributed by atoms with Crippen LogP contribution >= 0.6 is 0 Å². The molecule has 1 aliphatic rings. The fourth-order valence-electron chi connectivity index (χ4n) is 2.68. The lowest BCUT2D eigenvalue weighted by molar-refractivity contribution is -0.0214. The van der Waals surface area contributed by atoms with Crippen molar-refractivity contribution in [3.63, 3.8) is 0 Å². The summed E-state index contributed by atoms with van der Waals surface area (Å²) in [6, 6.07) is 9.69. The minimum absolute atomic E-state index is 0.346. The number of nitrogens with zero attached hydrogens (tertiary/aromatic N) is 2. The molecule has 0 aliphatic carbocycles.